The van der Waals surface area contributed by atoms with E-state index in [4.69, 9.17) is 16.3 Å². The standard InChI is InChI=1S/C17H21ClO4.Na/c1-9-4-5-13(19)16(2,3)17(9)8-11-6-10(15(20)21)7-12(18)14(11)22-17;/h6-7,9,13,19H,4-5,8H2,1-3H3,(H,20,21);/q;+1/p-1/t9-,13+,17+;/m1./s1. The van der Waals surface area contributed by atoms with E-state index < -0.39 is 23.1 Å². The minimum absolute atomic E-state index is 0. The molecular weight excluding hydrogens is 327 g/mol. The molecule has 3 rings (SSSR count). The van der Waals surface area contributed by atoms with E-state index in [0.29, 0.717) is 12.2 Å². The van der Waals surface area contributed by atoms with Crippen LogP contribution in [0.2, 0.25) is 5.02 Å². The molecule has 1 aliphatic heterocycles. The molecule has 2 aliphatic rings. The summed E-state index contributed by atoms with van der Waals surface area (Å²) in [4.78, 5) is 11.1. The van der Waals surface area contributed by atoms with Gasteiger partial charge in [-0.05, 0) is 36.5 Å². The number of aromatic carboxylic acids is 1. The largest absolute Gasteiger partial charge is 1.00 e. The fraction of sp³-hybridized carbons (Fsp3) is 0.588. The maximum absolute atomic E-state index is 11.1. The van der Waals surface area contributed by atoms with Crippen molar-refractivity contribution < 1.29 is 49.3 Å². The first kappa shape index (κ1) is 19.1. The number of halogens is 1. The zero-order chi connectivity index (χ0) is 16.3. The van der Waals surface area contributed by atoms with Crippen molar-refractivity contribution in [2.45, 2.75) is 51.7 Å². The Bertz CT molecular complexity index is 646. The third-order valence-corrected chi connectivity index (χ3v) is 5.97. The first-order valence-electron chi connectivity index (χ1n) is 7.60. The predicted molar refractivity (Wildman–Crippen MR) is 81.0 cm³/mol. The van der Waals surface area contributed by atoms with Crippen LogP contribution in [-0.2, 0) is 6.42 Å². The number of carbonyl (C=O) groups excluding carboxylic acids is 1. The number of carboxylic acids is 1. The quantitative estimate of drug-likeness (QED) is 0.676. The molecule has 1 aromatic rings. The Balaban J connectivity index is 0.00000192. The van der Waals surface area contributed by atoms with Crippen LogP contribution in [0.3, 0.4) is 0 Å². The second-order valence-corrected chi connectivity index (χ2v) is 7.53. The van der Waals surface area contributed by atoms with E-state index in [1.165, 1.54) is 6.07 Å². The molecule has 23 heavy (non-hydrogen) atoms. The number of hydrogen-bond donors (Lipinski definition) is 1. The molecule has 1 spiro atoms. The van der Waals surface area contributed by atoms with Crippen molar-refractivity contribution >= 4 is 17.6 Å². The van der Waals surface area contributed by atoms with Crippen LogP contribution >= 0.6 is 11.6 Å². The van der Waals surface area contributed by atoms with Crippen LogP contribution in [0.15, 0.2) is 12.1 Å². The smallest absolute Gasteiger partial charge is 0.545 e. The molecule has 120 valence electrons. The number of benzene rings is 1. The van der Waals surface area contributed by atoms with E-state index in [1.807, 2.05) is 13.8 Å². The molecule has 6 heteroatoms. The van der Waals surface area contributed by atoms with Gasteiger partial charge in [0.25, 0.3) is 0 Å². The third kappa shape index (κ3) is 2.73. The van der Waals surface area contributed by atoms with Crippen molar-refractivity contribution in [1.82, 2.24) is 0 Å². The molecule has 1 N–H and O–H groups in total. The van der Waals surface area contributed by atoms with Crippen LogP contribution in [0, 0.1) is 11.3 Å². The van der Waals surface area contributed by atoms with Crippen molar-refractivity contribution in [2.75, 3.05) is 0 Å². The third-order valence-electron chi connectivity index (χ3n) is 5.69. The molecule has 3 atom stereocenters. The Morgan fingerprint density at radius 3 is 2.65 bits per heavy atom. The first-order chi connectivity index (χ1) is 10.2. The van der Waals surface area contributed by atoms with Crippen molar-refractivity contribution in [2.24, 2.45) is 11.3 Å². The van der Waals surface area contributed by atoms with Gasteiger partial charge in [0.2, 0.25) is 0 Å². The molecule has 0 unspecified atom stereocenters. The normalized spacial score (nSPS) is 31.2. The number of carbonyl (C=O) groups is 1. The fourth-order valence-electron chi connectivity index (χ4n) is 4.07. The summed E-state index contributed by atoms with van der Waals surface area (Å²) < 4.78 is 6.29. The van der Waals surface area contributed by atoms with Crippen LogP contribution in [-0.4, -0.2) is 22.8 Å². The van der Waals surface area contributed by atoms with Crippen molar-refractivity contribution in [1.29, 1.82) is 0 Å². The average molecular weight is 347 g/mol. The number of aliphatic hydroxyl groups is 1. The summed E-state index contributed by atoms with van der Waals surface area (Å²) in [6.45, 7) is 6.13. The van der Waals surface area contributed by atoms with Crippen molar-refractivity contribution in [3.63, 3.8) is 0 Å². The maximum Gasteiger partial charge on any atom is 1.00 e. The van der Waals surface area contributed by atoms with Crippen LogP contribution in [0.5, 0.6) is 5.75 Å². The predicted octanol–water partition coefficient (Wildman–Crippen LogP) is -0.802. The molecule has 4 nitrogen and oxygen atoms in total. The van der Waals surface area contributed by atoms with E-state index in [-0.39, 0.29) is 46.1 Å². The number of ether oxygens (including phenoxy) is 1. The summed E-state index contributed by atoms with van der Waals surface area (Å²) in [6.07, 6.45) is 1.70. The van der Waals surface area contributed by atoms with Gasteiger partial charge in [0.15, 0.2) is 0 Å². The summed E-state index contributed by atoms with van der Waals surface area (Å²) in [5, 5.41) is 21.9. The van der Waals surface area contributed by atoms with Crippen LogP contribution < -0.4 is 39.4 Å². The Morgan fingerprint density at radius 2 is 2.04 bits per heavy atom. The molecular formula is C17H20ClNaO4. The SMILES string of the molecule is C[C@@H]1CC[C@H](O)C(C)(C)[C@]12Cc1cc(C(=O)[O-])cc(Cl)c1O2.[Na+]. The second-order valence-electron chi connectivity index (χ2n) is 7.12. The zero-order valence-electron chi connectivity index (χ0n) is 14.0. The van der Waals surface area contributed by atoms with E-state index in [2.05, 4.69) is 6.92 Å². The van der Waals surface area contributed by atoms with Crippen molar-refractivity contribution in [3.8, 4) is 5.75 Å². The van der Waals surface area contributed by atoms with Gasteiger partial charge < -0.3 is 19.7 Å². The molecule has 0 amide bonds. The summed E-state index contributed by atoms with van der Waals surface area (Å²) in [5.41, 5.74) is -0.178. The topological polar surface area (TPSA) is 69.6 Å². The zero-order valence-corrected chi connectivity index (χ0v) is 16.7. The number of fused-ring (bicyclic) bond motifs is 1. The van der Waals surface area contributed by atoms with E-state index in [1.54, 1.807) is 6.07 Å². The first-order valence-corrected chi connectivity index (χ1v) is 7.97. The summed E-state index contributed by atoms with van der Waals surface area (Å²) in [5.74, 6) is -0.469. The summed E-state index contributed by atoms with van der Waals surface area (Å²) >= 11 is 6.22. The summed E-state index contributed by atoms with van der Waals surface area (Å²) in [7, 11) is 0. The maximum atomic E-state index is 11.1. The van der Waals surface area contributed by atoms with Gasteiger partial charge in [-0.2, -0.15) is 0 Å². The number of aliphatic hydroxyl groups excluding tert-OH is 1. The molecule has 1 fully saturated rings. The van der Waals surface area contributed by atoms with Gasteiger partial charge in [-0.1, -0.05) is 32.4 Å². The Hall–Kier alpha value is -0.260. The molecule has 1 heterocycles. The van der Waals surface area contributed by atoms with E-state index in [0.717, 1.165) is 18.4 Å². The van der Waals surface area contributed by atoms with Gasteiger partial charge in [-0.25, -0.2) is 0 Å². The monoisotopic (exact) mass is 346 g/mol. The molecule has 1 aromatic carbocycles. The van der Waals surface area contributed by atoms with Gasteiger partial charge >= 0.3 is 29.6 Å². The molecule has 0 radical (unpaired) electrons. The van der Waals surface area contributed by atoms with Crippen molar-refractivity contribution in [3.05, 3.63) is 28.3 Å². The minimum atomic E-state index is -1.25. The molecule has 1 aliphatic carbocycles. The Labute approximate surface area is 163 Å². The van der Waals surface area contributed by atoms with Gasteiger partial charge in [-0.3, -0.25) is 0 Å². The van der Waals surface area contributed by atoms with Gasteiger partial charge in [-0.15, -0.1) is 0 Å². The fourth-order valence-corrected chi connectivity index (χ4v) is 4.35. The van der Waals surface area contributed by atoms with E-state index in [9.17, 15) is 15.0 Å². The Kier molecular flexibility index (Phi) is 5.17. The van der Waals surface area contributed by atoms with Crippen LogP contribution in [0.1, 0.15) is 49.5 Å². The molecule has 0 bridgehead atoms. The van der Waals surface area contributed by atoms with Gasteiger partial charge in [0.1, 0.15) is 11.4 Å². The van der Waals surface area contributed by atoms with Gasteiger partial charge in [0.05, 0.1) is 17.1 Å². The molecule has 0 saturated heterocycles. The number of carboxylic acid groups (broad SMARTS) is 1. The Morgan fingerprint density at radius 1 is 1.39 bits per heavy atom. The molecule has 0 aromatic heterocycles. The molecule has 1 saturated carbocycles. The number of rotatable bonds is 1. The average Bonchev–Trinajstić information content (AvgIpc) is 2.84. The second kappa shape index (κ2) is 6.23. The van der Waals surface area contributed by atoms with Crippen LogP contribution in [0.4, 0.5) is 0 Å². The van der Waals surface area contributed by atoms with E-state index >= 15 is 0 Å². The minimum Gasteiger partial charge on any atom is -0.545 e. The van der Waals surface area contributed by atoms with Gasteiger partial charge in [0, 0.05) is 17.4 Å². The number of hydrogen-bond acceptors (Lipinski definition) is 4. The summed E-state index contributed by atoms with van der Waals surface area (Å²) in [6, 6.07) is 2.95. The van der Waals surface area contributed by atoms with Crippen LogP contribution in [0.25, 0.3) is 0 Å².